The molecular weight excluding hydrogens is 462 g/mol. The van der Waals surface area contributed by atoms with Crippen molar-refractivity contribution in [2.45, 2.75) is 26.4 Å². The molecule has 1 amide bonds. The molecule has 1 aliphatic rings. The zero-order valence-electron chi connectivity index (χ0n) is 19.9. The summed E-state index contributed by atoms with van der Waals surface area (Å²) in [4.78, 5) is 44.3. The molecule has 0 aliphatic carbocycles. The van der Waals surface area contributed by atoms with Gasteiger partial charge < -0.3 is 23.6 Å². The number of hydrogen-bond acceptors (Lipinski definition) is 7. The van der Waals surface area contributed by atoms with Crippen LogP contribution in [0.5, 0.6) is 0 Å². The number of aryl methyl sites for hydroxylation is 2. The minimum absolute atomic E-state index is 0.0149. The Labute approximate surface area is 206 Å². The molecule has 0 spiro atoms. The van der Waals surface area contributed by atoms with Crippen molar-refractivity contribution in [3.05, 3.63) is 100 Å². The van der Waals surface area contributed by atoms with Crippen molar-refractivity contribution in [3.63, 3.8) is 0 Å². The number of Topliss-reactive ketones (excluding diaryl/α,β-unsaturated/α-hetero) is 1. The minimum Gasteiger partial charge on any atom is -0.505 e. The molecule has 0 saturated carbocycles. The van der Waals surface area contributed by atoms with Gasteiger partial charge in [0.2, 0.25) is 0 Å². The van der Waals surface area contributed by atoms with Crippen molar-refractivity contribution in [2.75, 3.05) is 7.11 Å². The number of aliphatic hydroxyl groups excluding tert-OH is 1. The number of furan rings is 1. The number of carbonyl (C=O) groups is 3. The van der Waals surface area contributed by atoms with Crippen LogP contribution in [0.3, 0.4) is 0 Å². The Hall–Kier alpha value is -4.66. The van der Waals surface area contributed by atoms with E-state index in [-0.39, 0.29) is 23.6 Å². The second-order valence-corrected chi connectivity index (χ2v) is 8.55. The third-order valence-corrected chi connectivity index (χ3v) is 6.40. The smallest absolute Gasteiger partial charge is 0.337 e. The van der Waals surface area contributed by atoms with E-state index in [1.807, 2.05) is 29.7 Å². The highest BCUT2D eigenvalue weighted by Gasteiger charge is 2.47. The van der Waals surface area contributed by atoms with Gasteiger partial charge in [0.15, 0.2) is 5.76 Å². The molecule has 9 heteroatoms. The fourth-order valence-electron chi connectivity index (χ4n) is 4.55. The maximum absolute atomic E-state index is 13.3. The highest BCUT2D eigenvalue weighted by Crippen LogP contribution is 2.40. The maximum Gasteiger partial charge on any atom is 0.337 e. The van der Waals surface area contributed by atoms with Gasteiger partial charge in [-0.25, -0.2) is 9.78 Å². The second-order valence-electron chi connectivity index (χ2n) is 8.55. The first-order valence-corrected chi connectivity index (χ1v) is 11.3. The summed E-state index contributed by atoms with van der Waals surface area (Å²) in [5.41, 5.74) is 3.15. The van der Waals surface area contributed by atoms with Gasteiger partial charge in [0.25, 0.3) is 11.7 Å². The number of aliphatic hydroxyl groups is 1. The summed E-state index contributed by atoms with van der Waals surface area (Å²) in [6, 6.07) is 12.6. The molecule has 1 atom stereocenters. The number of amides is 1. The lowest BCUT2D eigenvalue weighted by Gasteiger charge is -2.24. The van der Waals surface area contributed by atoms with Crippen LogP contribution in [0.1, 0.15) is 44.7 Å². The molecule has 1 saturated heterocycles. The molecule has 0 radical (unpaired) electrons. The first kappa shape index (κ1) is 23.1. The number of likely N-dealkylation sites (tertiary alicyclic amines) is 1. The molecule has 4 heterocycles. The normalized spacial score (nSPS) is 17.2. The Bertz CT molecular complexity index is 1530. The van der Waals surface area contributed by atoms with E-state index in [0.717, 1.165) is 5.56 Å². The number of esters is 1. The second kappa shape index (κ2) is 8.84. The minimum atomic E-state index is -0.924. The van der Waals surface area contributed by atoms with E-state index in [9.17, 15) is 19.5 Å². The summed E-state index contributed by atoms with van der Waals surface area (Å²) < 4.78 is 12.0. The van der Waals surface area contributed by atoms with Crippen molar-refractivity contribution >= 4 is 29.1 Å². The molecular formula is C27H23N3O6. The van der Waals surface area contributed by atoms with Crippen LogP contribution >= 0.6 is 0 Å². The number of imidazole rings is 1. The van der Waals surface area contributed by atoms with Crippen LogP contribution in [0.4, 0.5) is 0 Å². The number of fused-ring (bicyclic) bond motifs is 1. The molecule has 4 aromatic rings. The van der Waals surface area contributed by atoms with E-state index in [1.165, 1.54) is 18.3 Å². The fourth-order valence-corrected chi connectivity index (χ4v) is 4.55. The van der Waals surface area contributed by atoms with Gasteiger partial charge >= 0.3 is 5.97 Å². The third-order valence-electron chi connectivity index (χ3n) is 6.40. The number of nitrogens with zero attached hydrogens (tertiary/aromatic N) is 3. The van der Waals surface area contributed by atoms with E-state index in [1.54, 1.807) is 43.3 Å². The number of benzene rings is 1. The number of methoxy groups -OCH3 is 1. The lowest BCUT2D eigenvalue weighted by Crippen LogP contribution is -2.29. The SMILES string of the molecule is COC(=O)c1ccc(C2C(=C(O)c3nc4c(C)cccn4c3C)C(=O)C(=O)N2Cc2ccco2)cc1. The van der Waals surface area contributed by atoms with Crippen LogP contribution in [-0.4, -0.2) is 44.2 Å². The van der Waals surface area contributed by atoms with E-state index in [0.29, 0.717) is 28.2 Å². The van der Waals surface area contributed by atoms with E-state index >= 15 is 0 Å². The van der Waals surface area contributed by atoms with Gasteiger partial charge in [-0.05, 0) is 55.3 Å². The van der Waals surface area contributed by atoms with Crippen LogP contribution in [-0.2, 0) is 20.9 Å². The number of pyridine rings is 1. The maximum atomic E-state index is 13.3. The van der Waals surface area contributed by atoms with Gasteiger partial charge in [-0.3, -0.25) is 9.59 Å². The van der Waals surface area contributed by atoms with Gasteiger partial charge in [0.1, 0.15) is 17.1 Å². The van der Waals surface area contributed by atoms with Crippen molar-refractivity contribution in [2.24, 2.45) is 0 Å². The Morgan fingerprint density at radius 2 is 1.86 bits per heavy atom. The van der Waals surface area contributed by atoms with Crippen LogP contribution in [0.15, 0.2) is 71.0 Å². The van der Waals surface area contributed by atoms with E-state index in [2.05, 4.69) is 4.98 Å². The summed E-state index contributed by atoms with van der Waals surface area (Å²) in [5.74, 6) is -1.99. The molecule has 3 aromatic heterocycles. The molecule has 0 bridgehead atoms. The zero-order chi connectivity index (χ0) is 25.6. The summed E-state index contributed by atoms with van der Waals surface area (Å²) in [6.07, 6.45) is 3.30. The summed E-state index contributed by atoms with van der Waals surface area (Å²) >= 11 is 0. The first-order valence-electron chi connectivity index (χ1n) is 11.3. The number of ether oxygens (including phenoxy) is 1. The van der Waals surface area contributed by atoms with Crippen LogP contribution in [0.25, 0.3) is 11.4 Å². The van der Waals surface area contributed by atoms with Gasteiger partial charge in [-0.1, -0.05) is 18.2 Å². The Balaban J connectivity index is 1.69. The Morgan fingerprint density at radius 1 is 1.11 bits per heavy atom. The Morgan fingerprint density at radius 3 is 2.50 bits per heavy atom. The third kappa shape index (κ3) is 3.65. The molecule has 182 valence electrons. The summed E-state index contributed by atoms with van der Waals surface area (Å²) in [6.45, 7) is 3.70. The molecule has 9 nitrogen and oxygen atoms in total. The fraction of sp³-hybridized carbons (Fsp3) is 0.185. The largest absolute Gasteiger partial charge is 0.505 e. The van der Waals surface area contributed by atoms with Gasteiger partial charge in [0, 0.05) is 6.20 Å². The molecule has 36 heavy (non-hydrogen) atoms. The molecule has 5 rings (SSSR count). The average molecular weight is 485 g/mol. The van der Waals surface area contributed by atoms with Crippen LogP contribution < -0.4 is 0 Å². The van der Waals surface area contributed by atoms with Gasteiger partial charge in [-0.2, -0.15) is 0 Å². The van der Waals surface area contributed by atoms with E-state index in [4.69, 9.17) is 9.15 Å². The zero-order valence-corrected chi connectivity index (χ0v) is 19.9. The monoisotopic (exact) mass is 485 g/mol. The van der Waals surface area contributed by atoms with Crippen molar-refractivity contribution < 1.29 is 28.6 Å². The van der Waals surface area contributed by atoms with Gasteiger partial charge in [0.05, 0.1) is 42.8 Å². The molecule has 1 N–H and O–H groups in total. The van der Waals surface area contributed by atoms with E-state index < -0.39 is 23.7 Å². The summed E-state index contributed by atoms with van der Waals surface area (Å²) in [7, 11) is 1.29. The lowest BCUT2D eigenvalue weighted by atomic mass is 9.95. The lowest BCUT2D eigenvalue weighted by molar-refractivity contribution is -0.140. The standard InChI is InChI=1S/C27H23N3O6/c1-15-6-4-12-29-16(2)21(28-25(15)29)23(31)20-22(17-8-10-18(11-9-17)27(34)35-3)30(26(33)24(20)32)14-19-7-5-13-36-19/h4-13,22,31H,14H2,1-3H3. The number of carbonyl (C=O) groups excluding carboxylic acids is 3. The summed E-state index contributed by atoms with van der Waals surface area (Å²) in [5, 5.41) is 11.4. The van der Waals surface area contributed by atoms with Gasteiger partial charge in [-0.15, -0.1) is 0 Å². The number of hydrogen-bond donors (Lipinski definition) is 1. The predicted octanol–water partition coefficient (Wildman–Crippen LogP) is 3.95. The predicted molar refractivity (Wildman–Crippen MR) is 129 cm³/mol. The highest BCUT2D eigenvalue weighted by molar-refractivity contribution is 6.46. The number of aromatic nitrogens is 2. The Kier molecular flexibility index (Phi) is 5.68. The number of ketones is 1. The molecule has 1 unspecified atom stereocenters. The topological polar surface area (TPSA) is 114 Å². The quantitative estimate of drug-likeness (QED) is 0.197. The van der Waals surface area contributed by atoms with Crippen LogP contribution in [0.2, 0.25) is 0 Å². The van der Waals surface area contributed by atoms with Crippen LogP contribution in [0, 0.1) is 13.8 Å². The molecule has 1 aromatic carbocycles. The first-order chi connectivity index (χ1) is 17.3. The van der Waals surface area contributed by atoms with Crippen molar-refractivity contribution in [3.8, 4) is 0 Å². The van der Waals surface area contributed by atoms with Crippen molar-refractivity contribution in [1.82, 2.24) is 14.3 Å². The molecule has 1 aliphatic heterocycles. The highest BCUT2D eigenvalue weighted by atomic mass is 16.5. The number of rotatable bonds is 5. The average Bonchev–Trinajstić information content (AvgIpc) is 3.58. The van der Waals surface area contributed by atoms with Crippen molar-refractivity contribution in [1.29, 1.82) is 0 Å². The molecule has 1 fully saturated rings.